The number of hydrogen-bond donors (Lipinski definition) is 3. The Morgan fingerprint density at radius 1 is 0.966 bits per heavy atom. The molecule has 162 valence electrons. The highest BCUT2D eigenvalue weighted by Crippen LogP contribution is 2.82. The van der Waals surface area contributed by atoms with E-state index in [1.165, 1.54) is 0 Å². The lowest BCUT2D eigenvalue weighted by Crippen LogP contribution is -2.65. The molecule has 6 fully saturated rings. The third kappa shape index (κ3) is 2.09. The number of nitrogens with zero attached hydrogens (tertiary/aromatic N) is 1. The Labute approximate surface area is 173 Å². The number of aliphatic hydroxyl groups excluding tert-OH is 1. The van der Waals surface area contributed by atoms with Crippen LogP contribution < -0.4 is 0 Å². The summed E-state index contributed by atoms with van der Waals surface area (Å²) in [5.41, 5.74) is -1.49. The number of aliphatic hydroxyl groups is 3. The van der Waals surface area contributed by atoms with E-state index < -0.39 is 11.2 Å². The van der Waals surface area contributed by atoms with Crippen LogP contribution in [-0.4, -0.2) is 39.2 Å². The van der Waals surface area contributed by atoms with E-state index in [1.54, 1.807) is 0 Å². The summed E-state index contributed by atoms with van der Waals surface area (Å²) in [6, 6.07) is 0. The summed E-state index contributed by atoms with van der Waals surface area (Å²) in [5.74, 6) is 3.65. The Bertz CT molecular complexity index is 744. The summed E-state index contributed by atoms with van der Waals surface area (Å²) in [7, 11) is 0. The van der Waals surface area contributed by atoms with Crippen molar-refractivity contribution in [2.75, 3.05) is 6.54 Å². The molecular formula is C24H37NO4. The van der Waals surface area contributed by atoms with Gasteiger partial charge < -0.3 is 15.3 Å². The molecule has 12 atom stereocenters. The Kier molecular flexibility index (Phi) is 3.73. The van der Waals surface area contributed by atoms with Gasteiger partial charge in [-0.1, -0.05) is 19.0 Å². The van der Waals surface area contributed by atoms with Crippen molar-refractivity contribution >= 4 is 0 Å². The quantitative estimate of drug-likeness (QED) is 0.495. The van der Waals surface area contributed by atoms with E-state index in [4.69, 9.17) is 0 Å². The molecule has 0 aliphatic heterocycles. The van der Waals surface area contributed by atoms with E-state index in [2.05, 4.69) is 19.0 Å². The van der Waals surface area contributed by atoms with Crippen LogP contribution in [0.5, 0.6) is 0 Å². The molecule has 0 bridgehead atoms. The predicted octanol–water partition coefficient (Wildman–Crippen LogP) is 3.49. The van der Waals surface area contributed by atoms with Crippen LogP contribution in [0.3, 0.4) is 0 Å². The van der Waals surface area contributed by atoms with Gasteiger partial charge in [-0.15, -0.1) is 0 Å². The van der Waals surface area contributed by atoms with Gasteiger partial charge in [-0.25, -0.2) is 0 Å². The van der Waals surface area contributed by atoms with Crippen molar-refractivity contribution in [1.82, 2.24) is 0 Å². The predicted molar refractivity (Wildman–Crippen MR) is 109 cm³/mol. The summed E-state index contributed by atoms with van der Waals surface area (Å²) >= 11 is 0. The van der Waals surface area contributed by atoms with Crippen molar-refractivity contribution in [2.24, 2.45) is 57.4 Å². The van der Waals surface area contributed by atoms with Gasteiger partial charge >= 0.3 is 0 Å². The first-order valence-electron chi connectivity index (χ1n) is 12.1. The Balaban J connectivity index is 1.36. The molecule has 29 heavy (non-hydrogen) atoms. The fraction of sp³-hybridized carbons (Fsp3) is 1.00. The molecule has 6 aliphatic rings. The lowest BCUT2D eigenvalue weighted by Gasteiger charge is -2.64. The van der Waals surface area contributed by atoms with Gasteiger partial charge in [0.2, 0.25) is 0 Å². The van der Waals surface area contributed by atoms with Crippen LogP contribution in [0.15, 0.2) is 5.18 Å². The second-order valence-corrected chi connectivity index (χ2v) is 12.3. The summed E-state index contributed by atoms with van der Waals surface area (Å²) in [6.45, 7) is 4.99. The highest BCUT2D eigenvalue weighted by molar-refractivity contribution is 5.29. The zero-order chi connectivity index (χ0) is 20.4. The molecule has 0 aromatic carbocycles. The molecule has 3 N–H and O–H groups in total. The number of nitroso groups, excluding NO2 is 1. The van der Waals surface area contributed by atoms with Gasteiger partial charge in [0, 0.05) is 6.42 Å². The van der Waals surface area contributed by atoms with Crippen LogP contribution in [0.25, 0.3) is 0 Å². The standard InChI is InChI=1S/C24H37NO4/c1-21-7-4-13(26)12-24(21,28)17-10-14(17)19-16(21)5-8-22(2)20(19)15-11-18(15)23(22,27)6-3-9-25-29/h13-20,26-28H,3-12H2,1-2H3/t13-,14-,15+,16?,17+,18-,19?,20?,21+,22-,23-,24+/m0/s1. The molecule has 5 heteroatoms. The summed E-state index contributed by atoms with van der Waals surface area (Å²) in [5, 5.41) is 37.2. The molecule has 0 aromatic rings. The lowest BCUT2D eigenvalue weighted by molar-refractivity contribution is -0.237. The van der Waals surface area contributed by atoms with Crippen molar-refractivity contribution in [3.63, 3.8) is 0 Å². The highest BCUT2D eigenvalue weighted by Gasteiger charge is 2.81. The molecule has 0 saturated heterocycles. The van der Waals surface area contributed by atoms with Crippen molar-refractivity contribution < 1.29 is 15.3 Å². The minimum absolute atomic E-state index is 0.0578. The Morgan fingerprint density at radius 3 is 2.45 bits per heavy atom. The Hall–Kier alpha value is -0.520. The summed E-state index contributed by atoms with van der Waals surface area (Å²) < 4.78 is 0. The van der Waals surface area contributed by atoms with Gasteiger partial charge in [-0.2, -0.15) is 4.91 Å². The minimum Gasteiger partial charge on any atom is -0.393 e. The average Bonchev–Trinajstić information content (AvgIpc) is 3.56. The average molecular weight is 404 g/mol. The number of fused-ring (bicyclic) bond motifs is 10. The van der Waals surface area contributed by atoms with E-state index in [0.29, 0.717) is 67.2 Å². The monoisotopic (exact) mass is 403 g/mol. The van der Waals surface area contributed by atoms with Crippen molar-refractivity contribution in [3.05, 3.63) is 4.91 Å². The maximum atomic E-state index is 11.9. The largest absolute Gasteiger partial charge is 0.393 e. The van der Waals surface area contributed by atoms with E-state index in [1.807, 2.05) is 0 Å². The van der Waals surface area contributed by atoms with Gasteiger partial charge in [0.05, 0.1) is 23.9 Å². The molecule has 3 unspecified atom stereocenters. The van der Waals surface area contributed by atoms with Gasteiger partial charge in [0.15, 0.2) is 0 Å². The maximum Gasteiger partial charge on any atom is 0.0812 e. The zero-order valence-corrected chi connectivity index (χ0v) is 17.9. The molecule has 6 rings (SSSR count). The third-order valence-electron chi connectivity index (χ3n) is 11.6. The van der Waals surface area contributed by atoms with Crippen molar-refractivity contribution in [1.29, 1.82) is 0 Å². The summed E-state index contributed by atoms with van der Waals surface area (Å²) in [6.07, 6.45) is 7.74. The third-order valence-corrected chi connectivity index (χ3v) is 11.6. The minimum atomic E-state index is -0.697. The van der Waals surface area contributed by atoms with Crippen LogP contribution in [0, 0.1) is 57.2 Å². The van der Waals surface area contributed by atoms with Gasteiger partial charge in [-0.05, 0) is 104 Å². The molecule has 0 heterocycles. The molecule has 0 aromatic heterocycles. The fourth-order valence-electron chi connectivity index (χ4n) is 10.2. The van der Waals surface area contributed by atoms with Gasteiger partial charge in [0.1, 0.15) is 0 Å². The molecule has 0 amide bonds. The second kappa shape index (κ2) is 5.63. The first-order valence-corrected chi connectivity index (χ1v) is 12.1. The first kappa shape index (κ1) is 19.2. The van der Waals surface area contributed by atoms with E-state index in [0.717, 1.165) is 38.5 Å². The molecule has 0 spiro atoms. The molecule has 0 radical (unpaired) electrons. The van der Waals surface area contributed by atoms with Crippen molar-refractivity contribution in [2.45, 2.75) is 88.9 Å². The smallest absolute Gasteiger partial charge is 0.0812 e. The fourth-order valence-corrected chi connectivity index (χ4v) is 10.2. The van der Waals surface area contributed by atoms with Crippen LogP contribution in [0.2, 0.25) is 0 Å². The Morgan fingerprint density at radius 2 is 1.69 bits per heavy atom. The van der Waals surface area contributed by atoms with Gasteiger partial charge in [-0.3, -0.25) is 0 Å². The van der Waals surface area contributed by atoms with Gasteiger partial charge in [0.25, 0.3) is 0 Å². The maximum absolute atomic E-state index is 11.9. The second-order valence-electron chi connectivity index (χ2n) is 12.3. The topological polar surface area (TPSA) is 90.1 Å². The zero-order valence-electron chi connectivity index (χ0n) is 17.9. The molecule has 6 aliphatic carbocycles. The van der Waals surface area contributed by atoms with Crippen molar-refractivity contribution in [3.8, 4) is 0 Å². The normalized spacial score (nSPS) is 64.2. The molecule has 6 saturated carbocycles. The molecular weight excluding hydrogens is 366 g/mol. The van der Waals surface area contributed by atoms with Crippen LogP contribution >= 0.6 is 0 Å². The van der Waals surface area contributed by atoms with Crippen LogP contribution in [0.1, 0.15) is 71.6 Å². The number of hydrogen-bond acceptors (Lipinski definition) is 5. The first-order chi connectivity index (χ1) is 13.7. The van der Waals surface area contributed by atoms with E-state index in [-0.39, 0.29) is 16.9 Å². The van der Waals surface area contributed by atoms with E-state index >= 15 is 0 Å². The van der Waals surface area contributed by atoms with Crippen LogP contribution in [-0.2, 0) is 0 Å². The highest BCUT2D eigenvalue weighted by atomic mass is 16.3. The molecule has 5 nitrogen and oxygen atoms in total. The summed E-state index contributed by atoms with van der Waals surface area (Å²) in [4.78, 5) is 10.6. The van der Waals surface area contributed by atoms with Crippen LogP contribution in [0.4, 0.5) is 0 Å². The van der Waals surface area contributed by atoms with E-state index in [9.17, 15) is 20.2 Å². The SMILES string of the molecule is C[C@]12CCC3C(C1[C@@H]1C[C@@H]1[C@@]2(O)CCCN=O)[C@H]1C[C@H]1[C@]1(O)C[C@@H](O)CC[C@]31C. The number of rotatable bonds is 4. The lowest BCUT2D eigenvalue weighted by atomic mass is 9.42.